The van der Waals surface area contributed by atoms with Gasteiger partial charge in [-0.3, -0.25) is 9.48 Å². The van der Waals surface area contributed by atoms with Crippen molar-refractivity contribution in [2.75, 3.05) is 13.1 Å². The quantitative estimate of drug-likeness (QED) is 0.703. The number of benzene rings is 1. The highest BCUT2D eigenvalue weighted by Crippen LogP contribution is 2.26. The van der Waals surface area contributed by atoms with E-state index in [-0.39, 0.29) is 5.91 Å². The van der Waals surface area contributed by atoms with Gasteiger partial charge in [0.1, 0.15) is 0 Å². The van der Waals surface area contributed by atoms with Crippen LogP contribution in [-0.4, -0.2) is 33.8 Å². The van der Waals surface area contributed by atoms with Gasteiger partial charge < -0.3 is 11.1 Å². The predicted octanol–water partition coefficient (Wildman–Crippen LogP) is 2.02. The summed E-state index contributed by atoms with van der Waals surface area (Å²) in [5.41, 5.74) is 9.32. The number of pyridine rings is 1. The van der Waals surface area contributed by atoms with E-state index in [1.165, 1.54) is 0 Å². The molecule has 0 saturated heterocycles. The largest absolute Gasteiger partial charge is 0.352 e. The van der Waals surface area contributed by atoms with Gasteiger partial charge in [0.2, 0.25) is 0 Å². The first-order valence-electron chi connectivity index (χ1n) is 8.00. The molecule has 3 rings (SSSR count). The third-order valence-electron chi connectivity index (χ3n) is 3.95. The standard InChI is InChI=1S/C18H21N5O/c1-12-16-14(18(24)20-10-6-9-19)11-15(13-7-4-3-5-8-13)21-17(16)23(2)22-12/h3-5,7-8,11H,6,9-10,19H2,1-2H3,(H,20,24). The lowest BCUT2D eigenvalue weighted by molar-refractivity contribution is 0.0955. The van der Waals surface area contributed by atoms with E-state index < -0.39 is 0 Å². The lowest BCUT2D eigenvalue weighted by Gasteiger charge is -2.09. The zero-order valence-corrected chi connectivity index (χ0v) is 13.9. The van der Waals surface area contributed by atoms with Crippen LogP contribution >= 0.6 is 0 Å². The Morgan fingerprint density at radius 3 is 2.75 bits per heavy atom. The number of nitrogens with two attached hydrogens (primary N) is 1. The average molecular weight is 323 g/mol. The Morgan fingerprint density at radius 2 is 2.04 bits per heavy atom. The highest BCUT2D eigenvalue weighted by atomic mass is 16.1. The van der Waals surface area contributed by atoms with Gasteiger partial charge in [-0.05, 0) is 26.0 Å². The molecule has 2 heterocycles. The highest BCUT2D eigenvalue weighted by Gasteiger charge is 2.18. The Bertz CT molecular complexity index is 870. The summed E-state index contributed by atoms with van der Waals surface area (Å²) in [7, 11) is 1.84. The van der Waals surface area contributed by atoms with Gasteiger partial charge in [0.05, 0.1) is 22.3 Å². The number of carbonyl (C=O) groups is 1. The van der Waals surface area contributed by atoms with Crippen molar-refractivity contribution < 1.29 is 4.79 Å². The van der Waals surface area contributed by atoms with Crippen LogP contribution in [0.3, 0.4) is 0 Å². The molecule has 0 radical (unpaired) electrons. The third-order valence-corrected chi connectivity index (χ3v) is 3.95. The van der Waals surface area contributed by atoms with Crippen LogP contribution in [0, 0.1) is 6.92 Å². The van der Waals surface area contributed by atoms with Gasteiger partial charge in [-0.15, -0.1) is 0 Å². The van der Waals surface area contributed by atoms with E-state index in [9.17, 15) is 4.79 Å². The molecule has 0 bridgehead atoms. The number of rotatable bonds is 5. The summed E-state index contributed by atoms with van der Waals surface area (Å²) in [5.74, 6) is -0.121. The minimum atomic E-state index is -0.121. The molecular formula is C18H21N5O. The Morgan fingerprint density at radius 1 is 1.29 bits per heavy atom. The fourth-order valence-electron chi connectivity index (χ4n) is 2.78. The molecular weight excluding hydrogens is 302 g/mol. The van der Waals surface area contributed by atoms with Crippen LogP contribution in [0.1, 0.15) is 22.5 Å². The monoisotopic (exact) mass is 323 g/mol. The van der Waals surface area contributed by atoms with E-state index in [1.54, 1.807) is 4.68 Å². The number of amides is 1. The zero-order valence-electron chi connectivity index (χ0n) is 13.9. The molecule has 3 N–H and O–H groups in total. The molecule has 0 fully saturated rings. The Kier molecular flexibility index (Phi) is 4.57. The number of fused-ring (bicyclic) bond motifs is 1. The molecule has 24 heavy (non-hydrogen) atoms. The van der Waals surface area contributed by atoms with E-state index in [4.69, 9.17) is 10.7 Å². The third kappa shape index (κ3) is 3.00. The molecule has 0 saturated carbocycles. The summed E-state index contributed by atoms with van der Waals surface area (Å²) in [6.45, 7) is 3.00. The molecule has 6 heteroatoms. The summed E-state index contributed by atoms with van der Waals surface area (Å²) < 4.78 is 1.72. The smallest absolute Gasteiger partial charge is 0.252 e. The van der Waals surface area contributed by atoms with Crippen molar-refractivity contribution in [3.63, 3.8) is 0 Å². The van der Waals surface area contributed by atoms with Crippen molar-refractivity contribution in [2.45, 2.75) is 13.3 Å². The Labute approximate surface area is 140 Å². The van der Waals surface area contributed by atoms with E-state index in [0.29, 0.717) is 24.3 Å². The predicted molar refractivity (Wildman–Crippen MR) is 94.7 cm³/mol. The van der Waals surface area contributed by atoms with Crippen molar-refractivity contribution in [1.82, 2.24) is 20.1 Å². The Hall–Kier alpha value is -2.73. The summed E-state index contributed by atoms with van der Waals surface area (Å²) in [4.78, 5) is 17.4. The number of nitrogens with zero attached hydrogens (tertiary/aromatic N) is 3. The fraction of sp³-hybridized carbons (Fsp3) is 0.278. The van der Waals surface area contributed by atoms with Gasteiger partial charge in [-0.1, -0.05) is 30.3 Å². The van der Waals surface area contributed by atoms with Crippen LogP contribution in [0.4, 0.5) is 0 Å². The van der Waals surface area contributed by atoms with Crippen LogP contribution in [-0.2, 0) is 7.05 Å². The van der Waals surface area contributed by atoms with Crippen molar-refractivity contribution in [3.8, 4) is 11.3 Å². The minimum Gasteiger partial charge on any atom is -0.352 e. The van der Waals surface area contributed by atoms with Crippen molar-refractivity contribution in [2.24, 2.45) is 12.8 Å². The molecule has 0 aliphatic rings. The Balaban J connectivity index is 2.13. The lowest BCUT2D eigenvalue weighted by Crippen LogP contribution is -2.26. The van der Waals surface area contributed by atoms with Gasteiger partial charge >= 0.3 is 0 Å². The van der Waals surface area contributed by atoms with Crippen molar-refractivity contribution in [3.05, 3.63) is 47.7 Å². The average Bonchev–Trinajstić information content (AvgIpc) is 2.89. The number of aromatic nitrogens is 3. The van der Waals surface area contributed by atoms with Gasteiger partial charge in [-0.25, -0.2) is 4.98 Å². The summed E-state index contributed by atoms with van der Waals surface area (Å²) >= 11 is 0. The highest BCUT2D eigenvalue weighted by molar-refractivity contribution is 6.07. The molecule has 0 aliphatic heterocycles. The molecule has 2 aromatic heterocycles. The second kappa shape index (κ2) is 6.80. The minimum absolute atomic E-state index is 0.121. The lowest BCUT2D eigenvalue weighted by atomic mass is 10.0. The van der Waals surface area contributed by atoms with Gasteiger partial charge in [0, 0.05) is 19.2 Å². The first-order valence-corrected chi connectivity index (χ1v) is 8.00. The van der Waals surface area contributed by atoms with E-state index in [0.717, 1.165) is 28.8 Å². The van der Waals surface area contributed by atoms with Crippen LogP contribution in [0.5, 0.6) is 0 Å². The number of hydrogen-bond donors (Lipinski definition) is 2. The molecule has 6 nitrogen and oxygen atoms in total. The van der Waals surface area contributed by atoms with Crippen molar-refractivity contribution >= 4 is 16.9 Å². The molecule has 1 aromatic carbocycles. The maximum atomic E-state index is 12.7. The first kappa shape index (κ1) is 16.1. The van der Waals surface area contributed by atoms with Gasteiger partial charge in [0.25, 0.3) is 5.91 Å². The van der Waals surface area contributed by atoms with Gasteiger partial charge in [0.15, 0.2) is 5.65 Å². The van der Waals surface area contributed by atoms with Crippen LogP contribution < -0.4 is 11.1 Å². The number of hydrogen-bond acceptors (Lipinski definition) is 4. The molecule has 0 spiro atoms. The van der Waals surface area contributed by atoms with E-state index in [2.05, 4.69) is 10.4 Å². The topological polar surface area (TPSA) is 85.8 Å². The summed E-state index contributed by atoms with van der Waals surface area (Å²) in [5, 5.41) is 8.14. The normalized spacial score (nSPS) is 11.0. The molecule has 0 atom stereocenters. The van der Waals surface area contributed by atoms with E-state index >= 15 is 0 Å². The SMILES string of the molecule is Cc1nn(C)c2nc(-c3ccccc3)cc(C(=O)NCCCN)c12. The first-order chi connectivity index (χ1) is 11.6. The van der Waals surface area contributed by atoms with Crippen LogP contribution in [0.2, 0.25) is 0 Å². The molecule has 0 unspecified atom stereocenters. The fourth-order valence-corrected chi connectivity index (χ4v) is 2.78. The van der Waals surface area contributed by atoms with Crippen molar-refractivity contribution in [1.29, 1.82) is 0 Å². The molecule has 3 aromatic rings. The maximum absolute atomic E-state index is 12.7. The second-order valence-electron chi connectivity index (χ2n) is 5.73. The summed E-state index contributed by atoms with van der Waals surface area (Å²) in [6, 6.07) is 11.7. The molecule has 124 valence electrons. The molecule has 0 aliphatic carbocycles. The number of nitrogens with one attached hydrogen (secondary N) is 1. The summed E-state index contributed by atoms with van der Waals surface area (Å²) in [6.07, 6.45) is 0.748. The van der Waals surface area contributed by atoms with Gasteiger partial charge in [-0.2, -0.15) is 5.10 Å². The number of carbonyl (C=O) groups excluding carboxylic acids is 1. The zero-order chi connectivity index (χ0) is 17.1. The van der Waals surface area contributed by atoms with Crippen LogP contribution in [0.15, 0.2) is 36.4 Å². The molecule has 1 amide bonds. The van der Waals surface area contributed by atoms with E-state index in [1.807, 2.05) is 50.4 Å². The maximum Gasteiger partial charge on any atom is 0.252 e. The van der Waals surface area contributed by atoms with Crippen LogP contribution in [0.25, 0.3) is 22.3 Å². The second-order valence-corrected chi connectivity index (χ2v) is 5.73. The number of aryl methyl sites for hydroxylation is 2.